The topological polar surface area (TPSA) is 62.3 Å². The smallest absolute Gasteiger partial charge is 0.246 e. The molecule has 0 spiro atoms. The molecule has 1 saturated heterocycles. The molecule has 1 atom stereocenters. The number of thiazole rings is 1. The van der Waals surface area contributed by atoms with Gasteiger partial charge < -0.3 is 5.32 Å². The van der Waals surface area contributed by atoms with E-state index < -0.39 is 0 Å². The highest BCUT2D eigenvalue weighted by Gasteiger charge is 2.34. The molecule has 0 bridgehead atoms. The molecule has 1 unspecified atom stereocenters. The van der Waals surface area contributed by atoms with Crippen LogP contribution in [0.4, 0.5) is 5.13 Å². The number of hydrogen-bond acceptors (Lipinski definition) is 6. The number of aromatic nitrogens is 1. The Morgan fingerprint density at radius 1 is 1.42 bits per heavy atom. The number of thiocarbonyl (C=S) groups is 1. The second kappa shape index (κ2) is 8.22. The van der Waals surface area contributed by atoms with E-state index >= 15 is 0 Å². The highest BCUT2D eigenvalue weighted by atomic mass is 35.5. The van der Waals surface area contributed by atoms with Crippen molar-refractivity contribution in [3.8, 4) is 0 Å². The summed E-state index contributed by atoms with van der Waals surface area (Å²) in [6, 6.07) is 5.29. The molecule has 1 aromatic heterocycles. The SMILES string of the molecule is CC1SC(=S)N(CC(=O)Nc2ncc(Cc3cc(Cl)ccc3Cl)s2)C1=O. The molecule has 2 amide bonds. The number of carbonyl (C=O) groups is 2. The first kappa shape index (κ1) is 19.6. The van der Waals surface area contributed by atoms with E-state index in [0.717, 1.165) is 10.4 Å². The van der Waals surface area contributed by atoms with E-state index in [2.05, 4.69) is 10.3 Å². The van der Waals surface area contributed by atoms with Crippen molar-refractivity contribution in [3.63, 3.8) is 0 Å². The van der Waals surface area contributed by atoms with Gasteiger partial charge in [-0.1, -0.05) is 47.2 Å². The quantitative estimate of drug-likeness (QED) is 0.697. The van der Waals surface area contributed by atoms with Crippen molar-refractivity contribution in [2.24, 2.45) is 0 Å². The van der Waals surface area contributed by atoms with Gasteiger partial charge in [0.05, 0.1) is 5.25 Å². The van der Waals surface area contributed by atoms with E-state index in [-0.39, 0.29) is 23.6 Å². The van der Waals surface area contributed by atoms with Crippen molar-refractivity contribution in [3.05, 3.63) is 44.9 Å². The summed E-state index contributed by atoms with van der Waals surface area (Å²) in [5.74, 6) is -0.484. The maximum absolute atomic E-state index is 12.2. The molecule has 0 radical (unpaired) electrons. The number of anilines is 1. The number of carbonyl (C=O) groups excluding carboxylic acids is 2. The molecule has 1 aromatic carbocycles. The van der Waals surface area contributed by atoms with E-state index in [9.17, 15) is 9.59 Å². The van der Waals surface area contributed by atoms with Crippen LogP contribution < -0.4 is 5.32 Å². The minimum atomic E-state index is -0.336. The first-order valence-electron chi connectivity index (χ1n) is 7.54. The molecular formula is C16H13Cl2N3O2S3. The van der Waals surface area contributed by atoms with Crippen molar-refractivity contribution in [2.45, 2.75) is 18.6 Å². The van der Waals surface area contributed by atoms with Crippen LogP contribution >= 0.6 is 58.5 Å². The van der Waals surface area contributed by atoms with E-state index in [1.807, 2.05) is 0 Å². The molecule has 26 heavy (non-hydrogen) atoms. The number of nitrogens with one attached hydrogen (secondary N) is 1. The van der Waals surface area contributed by atoms with Crippen molar-refractivity contribution in [1.29, 1.82) is 0 Å². The summed E-state index contributed by atoms with van der Waals surface area (Å²) >= 11 is 19.9. The van der Waals surface area contributed by atoms with Gasteiger partial charge in [-0.25, -0.2) is 4.98 Å². The molecule has 0 saturated carbocycles. The Labute approximate surface area is 174 Å². The normalized spacial score (nSPS) is 17.0. The van der Waals surface area contributed by atoms with Gasteiger partial charge in [0, 0.05) is 27.5 Å². The predicted octanol–water partition coefficient (Wildman–Crippen LogP) is 4.23. The van der Waals surface area contributed by atoms with Crippen molar-refractivity contribution in [2.75, 3.05) is 11.9 Å². The number of halogens is 2. The standard InChI is InChI=1S/C16H13Cl2N3O2S3/c1-8-14(23)21(16(24)25-8)7-13(22)20-15-19-6-11(26-15)5-9-4-10(17)2-3-12(9)18/h2-4,6,8H,5,7H2,1H3,(H,19,20,22). The van der Waals surface area contributed by atoms with Gasteiger partial charge in [-0.2, -0.15) is 0 Å². The Balaban J connectivity index is 1.61. The molecule has 2 heterocycles. The lowest BCUT2D eigenvalue weighted by molar-refractivity contribution is -0.129. The summed E-state index contributed by atoms with van der Waals surface area (Å²) in [6.07, 6.45) is 2.25. The molecular weight excluding hydrogens is 433 g/mol. The van der Waals surface area contributed by atoms with Crippen LogP contribution in [-0.2, 0) is 16.0 Å². The first-order chi connectivity index (χ1) is 12.3. The molecule has 2 aromatic rings. The number of thioether (sulfide) groups is 1. The minimum absolute atomic E-state index is 0.107. The largest absolute Gasteiger partial charge is 0.300 e. The number of benzene rings is 1. The Hall–Kier alpha value is -1.19. The molecule has 1 aliphatic heterocycles. The average Bonchev–Trinajstić information content (AvgIpc) is 3.10. The fraction of sp³-hybridized carbons (Fsp3) is 0.250. The number of nitrogens with zero attached hydrogens (tertiary/aromatic N) is 2. The summed E-state index contributed by atoms with van der Waals surface area (Å²) in [5.41, 5.74) is 0.889. The summed E-state index contributed by atoms with van der Waals surface area (Å²) in [4.78, 5) is 30.6. The van der Waals surface area contributed by atoms with Gasteiger partial charge in [-0.15, -0.1) is 11.3 Å². The van der Waals surface area contributed by atoms with Gasteiger partial charge >= 0.3 is 0 Å². The zero-order valence-corrected chi connectivity index (χ0v) is 17.5. The molecule has 1 fully saturated rings. The van der Waals surface area contributed by atoms with Crippen LogP contribution in [-0.4, -0.2) is 37.8 Å². The Bertz CT molecular complexity index is 887. The fourth-order valence-electron chi connectivity index (χ4n) is 2.33. The van der Waals surface area contributed by atoms with Gasteiger partial charge in [0.2, 0.25) is 11.8 Å². The molecule has 0 aliphatic carbocycles. The van der Waals surface area contributed by atoms with Gasteiger partial charge in [-0.05, 0) is 30.7 Å². The van der Waals surface area contributed by atoms with Crippen LogP contribution in [0.5, 0.6) is 0 Å². The van der Waals surface area contributed by atoms with Crippen LogP contribution in [0.25, 0.3) is 0 Å². The summed E-state index contributed by atoms with van der Waals surface area (Å²) in [6.45, 7) is 1.66. The lowest BCUT2D eigenvalue weighted by atomic mass is 10.1. The molecule has 5 nitrogen and oxygen atoms in total. The van der Waals surface area contributed by atoms with Gasteiger partial charge in [0.15, 0.2) is 5.13 Å². The maximum Gasteiger partial charge on any atom is 0.246 e. The van der Waals surface area contributed by atoms with Gasteiger partial charge in [-0.3, -0.25) is 14.5 Å². The zero-order chi connectivity index (χ0) is 18.8. The third-order valence-electron chi connectivity index (χ3n) is 3.59. The molecule has 3 rings (SSSR count). The second-order valence-electron chi connectivity index (χ2n) is 5.54. The Morgan fingerprint density at radius 2 is 2.19 bits per heavy atom. The third kappa shape index (κ3) is 4.55. The fourth-order valence-corrected chi connectivity index (χ4v) is 4.96. The van der Waals surface area contributed by atoms with Crippen LogP contribution in [0.2, 0.25) is 10.0 Å². The lowest BCUT2D eigenvalue weighted by Crippen LogP contribution is -2.37. The average molecular weight is 446 g/mol. The summed E-state index contributed by atoms with van der Waals surface area (Å²) < 4.78 is 0.424. The van der Waals surface area contributed by atoms with Crippen LogP contribution in [0.15, 0.2) is 24.4 Å². The molecule has 10 heteroatoms. The monoisotopic (exact) mass is 445 g/mol. The summed E-state index contributed by atoms with van der Waals surface area (Å²) in [5, 5.41) is 4.15. The number of hydrogen-bond donors (Lipinski definition) is 1. The van der Waals surface area contributed by atoms with Crippen molar-refractivity contribution in [1.82, 2.24) is 9.88 Å². The van der Waals surface area contributed by atoms with Crippen molar-refractivity contribution < 1.29 is 9.59 Å². The lowest BCUT2D eigenvalue weighted by Gasteiger charge is -2.13. The maximum atomic E-state index is 12.2. The zero-order valence-electron chi connectivity index (χ0n) is 13.5. The molecule has 1 N–H and O–H groups in total. The second-order valence-corrected chi connectivity index (χ2v) is 9.48. The first-order valence-corrected chi connectivity index (χ1v) is 10.4. The van der Waals surface area contributed by atoms with Crippen LogP contribution in [0.1, 0.15) is 17.4 Å². The highest BCUT2D eigenvalue weighted by Crippen LogP contribution is 2.28. The van der Waals surface area contributed by atoms with Gasteiger partial charge in [0.25, 0.3) is 0 Å². The Morgan fingerprint density at radius 3 is 2.88 bits per heavy atom. The summed E-state index contributed by atoms with van der Waals surface area (Å²) in [7, 11) is 0. The van der Waals surface area contributed by atoms with Crippen molar-refractivity contribution >= 4 is 79.8 Å². The van der Waals surface area contributed by atoms with Crippen LogP contribution in [0, 0.1) is 0 Å². The highest BCUT2D eigenvalue weighted by molar-refractivity contribution is 8.24. The van der Waals surface area contributed by atoms with E-state index in [4.69, 9.17) is 35.4 Å². The number of amides is 2. The van der Waals surface area contributed by atoms with E-state index in [0.29, 0.717) is 25.9 Å². The molecule has 1 aliphatic rings. The van der Waals surface area contributed by atoms with E-state index in [1.54, 1.807) is 31.3 Å². The minimum Gasteiger partial charge on any atom is -0.300 e. The molecule has 136 valence electrons. The van der Waals surface area contributed by atoms with Gasteiger partial charge in [0.1, 0.15) is 10.9 Å². The Kier molecular flexibility index (Phi) is 6.19. The number of rotatable bonds is 5. The van der Waals surface area contributed by atoms with Crippen LogP contribution in [0.3, 0.4) is 0 Å². The predicted molar refractivity (Wildman–Crippen MR) is 111 cm³/mol. The van der Waals surface area contributed by atoms with E-state index in [1.165, 1.54) is 28.0 Å². The third-order valence-corrected chi connectivity index (χ3v) is 6.59.